The Morgan fingerprint density at radius 3 is 2.69 bits per heavy atom. The Labute approximate surface area is 160 Å². The molecule has 26 heavy (non-hydrogen) atoms. The maximum Gasteiger partial charge on any atom is 0.252 e. The fourth-order valence-corrected chi connectivity index (χ4v) is 3.45. The summed E-state index contributed by atoms with van der Waals surface area (Å²) in [7, 11) is 0. The highest BCUT2D eigenvalue weighted by molar-refractivity contribution is 9.10. The molecule has 1 amide bonds. The normalized spacial score (nSPS) is 20.1. The highest BCUT2D eigenvalue weighted by Gasteiger charge is 2.23. The number of pyridine rings is 1. The van der Waals surface area contributed by atoms with Gasteiger partial charge in [0.15, 0.2) is 0 Å². The lowest BCUT2D eigenvalue weighted by atomic mass is 10.2. The van der Waals surface area contributed by atoms with Crippen LogP contribution in [0.25, 0.3) is 0 Å². The smallest absolute Gasteiger partial charge is 0.252 e. The maximum atomic E-state index is 13.3. The summed E-state index contributed by atoms with van der Waals surface area (Å²) in [5.41, 5.74) is 1.15. The molecular formula is C19H21BrFN3O2. The van der Waals surface area contributed by atoms with E-state index in [0.717, 1.165) is 24.5 Å². The van der Waals surface area contributed by atoms with Crippen LogP contribution in [0, 0.1) is 5.82 Å². The standard InChI is InChI=1S/C19H21BrFN3O2/c1-12-10-24(11-13(2)26-12)18-6-3-14(8-22-18)9-23-19(25)16-7-15(21)4-5-17(16)20/h3-8,12-13H,9-11H2,1-2H3,(H,23,25). The summed E-state index contributed by atoms with van der Waals surface area (Å²) < 4.78 is 19.6. The molecule has 1 aromatic heterocycles. The van der Waals surface area contributed by atoms with Gasteiger partial charge >= 0.3 is 0 Å². The van der Waals surface area contributed by atoms with Gasteiger partial charge in [-0.15, -0.1) is 0 Å². The van der Waals surface area contributed by atoms with Crippen LogP contribution in [-0.4, -0.2) is 36.2 Å². The Morgan fingerprint density at radius 1 is 1.31 bits per heavy atom. The number of morpholine rings is 1. The third-order valence-electron chi connectivity index (χ3n) is 4.18. The van der Waals surface area contributed by atoms with Crippen molar-refractivity contribution in [2.75, 3.05) is 18.0 Å². The van der Waals surface area contributed by atoms with Crippen molar-refractivity contribution in [1.82, 2.24) is 10.3 Å². The van der Waals surface area contributed by atoms with Gasteiger partial charge in [0.05, 0.1) is 17.8 Å². The van der Waals surface area contributed by atoms with Gasteiger partial charge in [-0.2, -0.15) is 0 Å². The fourth-order valence-electron chi connectivity index (χ4n) is 3.02. The molecule has 3 rings (SSSR count). The minimum absolute atomic E-state index is 0.171. The van der Waals surface area contributed by atoms with E-state index >= 15 is 0 Å². The first-order valence-electron chi connectivity index (χ1n) is 8.51. The van der Waals surface area contributed by atoms with E-state index in [-0.39, 0.29) is 23.7 Å². The van der Waals surface area contributed by atoms with E-state index in [4.69, 9.17) is 4.74 Å². The van der Waals surface area contributed by atoms with Crippen molar-refractivity contribution in [2.24, 2.45) is 0 Å². The first kappa shape index (κ1) is 18.8. The average Bonchev–Trinajstić information content (AvgIpc) is 2.61. The Balaban J connectivity index is 1.61. The number of nitrogens with one attached hydrogen (secondary N) is 1. The van der Waals surface area contributed by atoms with Crippen LogP contribution in [-0.2, 0) is 11.3 Å². The molecule has 2 heterocycles. The van der Waals surface area contributed by atoms with E-state index in [9.17, 15) is 9.18 Å². The SMILES string of the molecule is CC1CN(c2ccc(CNC(=O)c3cc(F)ccc3Br)cn2)CC(C)O1. The molecule has 7 heteroatoms. The largest absolute Gasteiger partial charge is 0.372 e. The molecule has 1 aliphatic heterocycles. The molecule has 2 unspecified atom stereocenters. The third-order valence-corrected chi connectivity index (χ3v) is 4.87. The summed E-state index contributed by atoms with van der Waals surface area (Å²) in [6.45, 7) is 6.04. The van der Waals surface area contributed by atoms with E-state index in [1.807, 2.05) is 12.1 Å². The van der Waals surface area contributed by atoms with Crippen LogP contribution in [0.2, 0.25) is 0 Å². The van der Waals surface area contributed by atoms with E-state index < -0.39 is 5.82 Å². The van der Waals surface area contributed by atoms with Crippen molar-refractivity contribution in [3.05, 3.63) is 57.9 Å². The number of carbonyl (C=O) groups is 1. The zero-order valence-corrected chi connectivity index (χ0v) is 16.3. The Hall–Kier alpha value is -1.99. The number of halogens is 2. The molecule has 1 fully saturated rings. The van der Waals surface area contributed by atoms with Crippen LogP contribution in [0.1, 0.15) is 29.8 Å². The molecule has 2 aromatic rings. The van der Waals surface area contributed by atoms with Gasteiger partial charge in [0.1, 0.15) is 11.6 Å². The molecule has 0 aliphatic carbocycles. The average molecular weight is 422 g/mol. The Kier molecular flexibility index (Phi) is 5.88. The van der Waals surface area contributed by atoms with Gasteiger partial charge in [0.25, 0.3) is 5.91 Å². The fraction of sp³-hybridized carbons (Fsp3) is 0.368. The van der Waals surface area contributed by atoms with Crippen molar-refractivity contribution < 1.29 is 13.9 Å². The van der Waals surface area contributed by atoms with Crippen LogP contribution < -0.4 is 10.2 Å². The van der Waals surface area contributed by atoms with Crippen molar-refractivity contribution in [3.63, 3.8) is 0 Å². The van der Waals surface area contributed by atoms with Crippen molar-refractivity contribution >= 4 is 27.7 Å². The number of amides is 1. The second-order valence-corrected chi connectivity index (χ2v) is 7.35. The van der Waals surface area contributed by atoms with Gasteiger partial charge in [-0.1, -0.05) is 6.07 Å². The molecule has 1 aromatic carbocycles. The minimum Gasteiger partial charge on any atom is -0.372 e. The second kappa shape index (κ2) is 8.14. The van der Waals surface area contributed by atoms with Gasteiger partial charge in [0.2, 0.25) is 0 Å². The second-order valence-electron chi connectivity index (χ2n) is 6.49. The third kappa shape index (κ3) is 4.59. The molecule has 2 atom stereocenters. The molecule has 5 nitrogen and oxygen atoms in total. The summed E-state index contributed by atoms with van der Waals surface area (Å²) in [6, 6.07) is 7.92. The lowest BCUT2D eigenvalue weighted by molar-refractivity contribution is -0.00546. The Bertz CT molecular complexity index is 775. The maximum absolute atomic E-state index is 13.3. The van der Waals surface area contributed by atoms with Crippen LogP contribution in [0.3, 0.4) is 0 Å². The highest BCUT2D eigenvalue weighted by atomic mass is 79.9. The van der Waals surface area contributed by atoms with Gasteiger partial charge in [-0.05, 0) is 59.6 Å². The quantitative estimate of drug-likeness (QED) is 0.820. The van der Waals surface area contributed by atoms with Crippen LogP contribution >= 0.6 is 15.9 Å². The van der Waals surface area contributed by atoms with Crippen molar-refractivity contribution in [3.8, 4) is 0 Å². The zero-order chi connectivity index (χ0) is 18.7. The van der Waals surface area contributed by atoms with E-state index in [1.54, 1.807) is 6.20 Å². The van der Waals surface area contributed by atoms with Crippen molar-refractivity contribution in [2.45, 2.75) is 32.6 Å². The minimum atomic E-state index is -0.446. The van der Waals surface area contributed by atoms with E-state index in [0.29, 0.717) is 11.0 Å². The summed E-state index contributed by atoms with van der Waals surface area (Å²) in [4.78, 5) is 18.9. The lowest BCUT2D eigenvalue weighted by Crippen LogP contribution is -2.45. The van der Waals surface area contributed by atoms with Crippen molar-refractivity contribution in [1.29, 1.82) is 0 Å². The predicted octanol–water partition coefficient (Wildman–Crippen LogP) is 3.53. The predicted molar refractivity (Wildman–Crippen MR) is 102 cm³/mol. The monoisotopic (exact) mass is 421 g/mol. The van der Waals surface area contributed by atoms with Gasteiger partial charge in [0, 0.05) is 30.3 Å². The van der Waals surface area contributed by atoms with Gasteiger partial charge < -0.3 is 15.0 Å². The molecule has 1 aliphatic rings. The molecule has 0 bridgehead atoms. The summed E-state index contributed by atoms with van der Waals surface area (Å²) in [5.74, 6) is 0.115. The molecule has 1 saturated heterocycles. The molecule has 138 valence electrons. The Morgan fingerprint density at radius 2 is 2.04 bits per heavy atom. The highest BCUT2D eigenvalue weighted by Crippen LogP contribution is 2.19. The number of aromatic nitrogens is 1. The number of hydrogen-bond acceptors (Lipinski definition) is 4. The van der Waals surface area contributed by atoms with Crippen LogP contribution in [0.15, 0.2) is 41.0 Å². The van der Waals surface area contributed by atoms with Crippen LogP contribution in [0.5, 0.6) is 0 Å². The number of nitrogens with zero attached hydrogens (tertiary/aromatic N) is 2. The molecule has 0 saturated carbocycles. The molecular weight excluding hydrogens is 401 g/mol. The molecule has 0 radical (unpaired) electrons. The lowest BCUT2D eigenvalue weighted by Gasteiger charge is -2.36. The number of hydrogen-bond donors (Lipinski definition) is 1. The summed E-state index contributed by atoms with van der Waals surface area (Å²) in [5, 5.41) is 2.79. The zero-order valence-electron chi connectivity index (χ0n) is 14.7. The number of ether oxygens (including phenoxy) is 1. The number of anilines is 1. The molecule has 1 N–H and O–H groups in total. The van der Waals surface area contributed by atoms with E-state index in [2.05, 4.69) is 45.0 Å². The number of rotatable bonds is 4. The van der Waals surface area contributed by atoms with E-state index in [1.165, 1.54) is 18.2 Å². The van der Waals surface area contributed by atoms with Gasteiger partial charge in [-0.3, -0.25) is 4.79 Å². The van der Waals surface area contributed by atoms with Crippen LogP contribution in [0.4, 0.5) is 10.2 Å². The van der Waals surface area contributed by atoms with Gasteiger partial charge in [-0.25, -0.2) is 9.37 Å². The summed E-state index contributed by atoms with van der Waals surface area (Å²) >= 11 is 3.26. The summed E-state index contributed by atoms with van der Waals surface area (Å²) in [6.07, 6.45) is 2.09. The topological polar surface area (TPSA) is 54.5 Å². The first-order valence-corrected chi connectivity index (χ1v) is 9.30. The number of carbonyl (C=O) groups excluding carboxylic acids is 1. The molecule has 0 spiro atoms. The first-order chi connectivity index (χ1) is 12.4. The number of benzene rings is 1.